The van der Waals surface area contributed by atoms with Gasteiger partial charge >= 0.3 is 0 Å². The molecule has 1 heterocycles. The van der Waals surface area contributed by atoms with Gasteiger partial charge in [0, 0.05) is 18.3 Å². The lowest BCUT2D eigenvalue weighted by Crippen LogP contribution is -1.97. The molecule has 1 unspecified atom stereocenters. The third kappa shape index (κ3) is 1.39. The summed E-state index contributed by atoms with van der Waals surface area (Å²) < 4.78 is 5.38. The first-order valence-corrected chi connectivity index (χ1v) is 4.75. The molecule has 3 nitrogen and oxygen atoms in total. The monoisotopic (exact) mass is 188 g/mol. The molecule has 1 aromatic carbocycles. The number of nitrogens with zero attached hydrogens (tertiary/aromatic N) is 1. The van der Waals surface area contributed by atoms with Crippen LogP contribution in [0.4, 0.5) is 5.69 Å². The van der Waals surface area contributed by atoms with E-state index in [0.29, 0.717) is 13.2 Å². The van der Waals surface area contributed by atoms with Gasteiger partial charge in [-0.05, 0) is 18.6 Å². The van der Waals surface area contributed by atoms with E-state index in [0.717, 1.165) is 17.0 Å². The predicted molar refractivity (Wildman–Crippen MR) is 54.5 cm³/mol. The fraction of sp³-hybridized carbons (Fsp3) is 0.364. The van der Waals surface area contributed by atoms with Crippen molar-refractivity contribution in [1.29, 1.82) is 5.26 Å². The number of benzene rings is 1. The number of rotatable bonds is 2. The molecule has 0 aliphatic carbocycles. The summed E-state index contributed by atoms with van der Waals surface area (Å²) in [6.07, 6.45) is 0. The molecule has 1 aliphatic rings. The van der Waals surface area contributed by atoms with Crippen molar-refractivity contribution < 1.29 is 4.74 Å². The highest BCUT2D eigenvalue weighted by Gasteiger charge is 2.21. The van der Waals surface area contributed by atoms with Crippen LogP contribution in [-0.4, -0.2) is 13.2 Å². The summed E-state index contributed by atoms with van der Waals surface area (Å²) in [6.45, 7) is 3.33. The molecule has 3 heteroatoms. The molecule has 0 saturated heterocycles. The molecule has 1 aromatic rings. The molecule has 72 valence electrons. The highest BCUT2D eigenvalue weighted by Crippen LogP contribution is 2.33. The van der Waals surface area contributed by atoms with Gasteiger partial charge in [-0.2, -0.15) is 5.26 Å². The Kier molecular flexibility index (Phi) is 2.28. The highest BCUT2D eigenvalue weighted by molar-refractivity contribution is 5.62. The zero-order valence-corrected chi connectivity index (χ0v) is 8.08. The normalized spacial score (nSPS) is 18.1. The van der Waals surface area contributed by atoms with E-state index in [1.807, 2.05) is 25.1 Å². The van der Waals surface area contributed by atoms with Crippen LogP contribution in [0, 0.1) is 11.3 Å². The Morgan fingerprint density at radius 1 is 1.64 bits per heavy atom. The number of hydrogen-bond donors (Lipinski definition) is 1. The molecule has 1 N–H and O–H groups in total. The smallest absolute Gasteiger partial charge is 0.121 e. The summed E-state index contributed by atoms with van der Waals surface area (Å²) in [5.41, 5.74) is 2.11. The number of anilines is 1. The average Bonchev–Trinajstić information content (AvgIpc) is 2.60. The maximum Gasteiger partial charge on any atom is 0.121 e. The van der Waals surface area contributed by atoms with E-state index in [4.69, 9.17) is 10.00 Å². The molecule has 0 aromatic heterocycles. The summed E-state index contributed by atoms with van der Waals surface area (Å²) in [6, 6.07) is 8.11. The Hall–Kier alpha value is -1.69. The van der Waals surface area contributed by atoms with Crippen LogP contribution in [-0.2, 0) is 0 Å². The molecule has 0 bridgehead atoms. The zero-order chi connectivity index (χ0) is 9.97. The number of hydrogen-bond acceptors (Lipinski definition) is 3. The van der Waals surface area contributed by atoms with Gasteiger partial charge < -0.3 is 10.1 Å². The molecule has 0 radical (unpaired) electrons. The molecule has 1 aliphatic heterocycles. The van der Waals surface area contributed by atoms with Gasteiger partial charge in [-0.3, -0.25) is 0 Å². The first kappa shape index (κ1) is 8.89. The molecule has 14 heavy (non-hydrogen) atoms. The molecule has 1 atom stereocenters. The Balaban J connectivity index is 2.30. The van der Waals surface area contributed by atoms with Gasteiger partial charge in [0.05, 0.1) is 18.6 Å². The van der Waals surface area contributed by atoms with E-state index in [-0.39, 0.29) is 5.92 Å². The van der Waals surface area contributed by atoms with Gasteiger partial charge in [-0.15, -0.1) is 0 Å². The van der Waals surface area contributed by atoms with Gasteiger partial charge in [-0.1, -0.05) is 6.07 Å². The minimum atomic E-state index is -0.0133. The van der Waals surface area contributed by atoms with Crippen LogP contribution < -0.4 is 10.1 Å². The maximum atomic E-state index is 8.86. The third-order valence-electron chi connectivity index (χ3n) is 2.36. The van der Waals surface area contributed by atoms with Gasteiger partial charge in [0.1, 0.15) is 5.75 Å². The number of nitriles is 1. The lowest BCUT2D eigenvalue weighted by atomic mass is 10.0. The molecular formula is C11H12N2O. The quantitative estimate of drug-likeness (QED) is 0.773. The van der Waals surface area contributed by atoms with Gasteiger partial charge in [0.25, 0.3) is 0 Å². The topological polar surface area (TPSA) is 45.0 Å². The fourth-order valence-electron chi connectivity index (χ4n) is 1.69. The molecule has 2 rings (SSSR count). The Labute approximate surface area is 83.3 Å². The van der Waals surface area contributed by atoms with E-state index in [2.05, 4.69) is 11.4 Å². The second-order valence-electron chi connectivity index (χ2n) is 3.24. The fourth-order valence-corrected chi connectivity index (χ4v) is 1.69. The van der Waals surface area contributed by atoms with Gasteiger partial charge in [0.15, 0.2) is 0 Å². The van der Waals surface area contributed by atoms with E-state index in [1.165, 1.54) is 0 Å². The van der Waals surface area contributed by atoms with Crippen LogP contribution in [0.5, 0.6) is 5.75 Å². The lowest BCUT2D eigenvalue weighted by molar-refractivity contribution is 0.340. The second kappa shape index (κ2) is 3.59. The van der Waals surface area contributed by atoms with Crippen molar-refractivity contribution in [3.05, 3.63) is 23.8 Å². The SMILES string of the molecule is CCOc1ccc2c(c1)NCC2C#N. The van der Waals surface area contributed by atoms with Crippen molar-refractivity contribution in [2.24, 2.45) is 0 Å². The van der Waals surface area contributed by atoms with Crippen LogP contribution in [0.15, 0.2) is 18.2 Å². The predicted octanol–water partition coefficient (Wildman–Crippen LogP) is 2.12. The third-order valence-corrected chi connectivity index (χ3v) is 2.36. The number of nitrogens with one attached hydrogen (secondary N) is 1. The first-order chi connectivity index (χ1) is 6.85. The van der Waals surface area contributed by atoms with Crippen molar-refractivity contribution in [1.82, 2.24) is 0 Å². The maximum absolute atomic E-state index is 8.86. The lowest BCUT2D eigenvalue weighted by Gasteiger charge is -2.05. The summed E-state index contributed by atoms with van der Waals surface area (Å²) in [5.74, 6) is 0.845. The number of ether oxygens (including phenoxy) is 1. The van der Waals surface area contributed by atoms with E-state index in [1.54, 1.807) is 0 Å². The van der Waals surface area contributed by atoms with Crippen molar-refractivity contribution in [2.75, 3.05) is 18.5 Å². The van der Waals surface area contributed by atoms with E-state index in [9.17, 15) is 0 Å². The summed E-state index contributed by atoms with van der Waals surface area (Å²) in [5, 5.41) is 12.1. The van der Waals surface area contributed by atoms with E-state index < -0.39 is 0 Å². The number of fused-ring (bicyclic) bond motifs is 1. The standard InChI is InChI=1S/C11H12N2O/c1-2-14-9-3-4-10-8(6-12)7-13-11(10)5-9/h3-5,8,13H,2,7H2,1H3. The largest absolute Gasteiger partial charge is 0.494 e. The van der Waals surface area contributed by atoms with Gasteiger partial charge in [0.2, 0.25) is 0 Å². The Morgan fingerprint density at radius 3 is 3.21 bits per heavy atom. The van der Waals surface area contributed by atoms with Crippen molar-refractivity contribution in [2.45, 2.75) is 12.8 Å². The Morgan fingerprint density at radius 2 is 2.50 bits per heavy atom. The van der Waals surface area contributed by atoms with Crippen LogP contribution in [0.1, 0.15) is 18.4 Å². The van der Waals surface area contributed by atoms with Crippen LogP contribution >= 0.6 is 0 Å². The zero-order valence-electron chi connectivity index (χ0n) is 8.08. The molecular weight excluding hydrogens is 176 g/mol. The molecule has 0 fully saturated rings. The summed E-state index contributed by atoms with van der Waals surface area (Å²) in [4.78, 5) is 0. The van der Waals surface area contributed by atoms with Crippen molar-refractivity contribution >= 4 is 5.69 Å². The second-order valence-corrected chi connectivity index (χ2v) is 3.24. The summed E-state index contributed by atoms with van der Waals surface area (Å²) >= 11 is 0. The Bertz CT molecular complexity index is 381. The highest BCUT2D eigenvalue weighted by atomic mass is 16.5. The van der Waals surface area contributed by atoms with Gasteiger partial charge in [-0.25, -0.2) is 0 Å². The minimum absolute atomic E-state index is 0.0133. The summed E-state index contributed by atoms with van der Waals surface area (Å²) in [7, 11) is 0. The molecule has 0 saturated carbocycles. The first-order valence-electron chi connectivity index (χ1n) is 4.75. The van der Waals surface area contributed by atoms with Crippen LogP contribution in [0.2, 0.25) is 0 Å². The molecule has 0 spiro atoms. The van der Waals surface area contributed by atoms with Crippen LogP contribution in [0.3, 0.4) is 0 Å². The van der Waals surface area contributed by atoms with Crippen molar-refractivity contribution in [3.8, 4) is 11.8 Å². The van der Waals surface area contributed by atoms with Crippen molar-refractivity contribution in [3.63, 3.8) is 0 Å². The molecule has 0 amide bonds. The van der Waals surface area contributed by atoms with E-state index >= 15 is 0 Å². The average molecular weight is 188 g/mol. The van der Waals surface area contributed by atoms with Crippen LogP contribution in [0.25, 0.3) is 0 Å². The minimum Gasteiger partial charge on any atom is -0.494 e.